The van der Waals surface area contributed by atoms with Gasteiger partial charge in [0.2, 0.25) is 0 Å². The fourth-order valence-electron chi connectivity index (χ4n) is 2.82. The standard InChI is InChI=1S/C17H28N2O2/c1-4-10-21-16-7-6-14(17(20)11-16)12-19-9-8-18(3)15(5-2)13-19/h6-7,11,15,20H,4-5,8-10,12-13H2,1-3H3. The lowest BCUT2D eigenvalue weighted by Gasteiger charge is -2.39. The first-order chi connectivity index (χ1) is 10.1. The summed E-state index contributed by atoms with van der Waals surface area (Å²) in [6, 6.07) is 6.30. The van der Waals surface area contributed by atoms with Crippen molar-refractivity contribution in [2.24, 2.45) is 0 Å². The Hall–Kier alpha value is -1.26. The summed E-state index contributed by atoms with van der Waals surface area (Å²) in [5.41, 5.74) is 0.984. The SMILES string of the molecule is CCCOc1ccc(CN2CCN(C)C(CC)C2)c(O)c1. The minimum Gasteiger partial charge on any atom is -0.507 e. The smallest absolute Gasteiger partial charge is 0.123 e. The molecule has 1 aliphatic heterocycles. The van der Waals surface area contributed by atoms with Crippen molar-refractivity contribution in [2.45, 2.75) is 39.3 Å². The normalized spacial score (nSPS) is 20.6. The Labute approximate surface area is 128 Å². The lowest BCUT2D eigenvalue weighted by molar-refractivity contribution is 0.0878. The van der Waals surface area contributed by atoms with Crippen LogP contribution >= 0.6 is 0 Å². The van der Waals surface area contributed by atoms with Crippen LogP contribution in [0.4, 0.5) is 0 Å². The summed E-state index contributed by atoms with van der Waals surface area (Å²) >= 11 is 0. The van der Waals surface area contributed by atoms with Gasteiger partial charge in [-0.25, -0.2) is 0 Å². The van der Waals surface area contributed by atoms with Gasteiger partial charge in [-0.05, 0) is 26.0 Å². The van der Waals surface area contributed by atoms with Crippen molar-refractivity contribution >= 4 is 0 Å². The Morgan fingerprint density at radius 3 is 2.76 bits per heavy atom. The van der Waals surface area contributed by atoms with Gasteiger partial charge in [0.05, 0.1) is 6.61 Å². The first kappa shape index (κ1) is 16.1. The predicted octanol–water partition coefficient (Wildman–Crippen LogP) is 2.71. The van der Waals surface area contributed by atoms with Crippen LogP contribution in [0.1, 0.15) is 32.3 Å². The highest BCUT2D eigenvalue weighted by Gasteiger charge is 2.23. The summed E-state index contributed by atoms with van der Waals surface area (Å²) in [7, 11) is 2.20. The summed E-state index contributed by atoms with van der Waals surface area (Å²) in [6.07, 6.45) is 2.14. The van der Waals surface area contributed by atoms with E-state index in [1.54, 1.807) is 6.07 Å². The highest BCUT2D eigenvalue weighted by atomic mass is 16.5. The minimum absolute atomic E-state index is 0.343. The van der Waals surface area contributed by atoms with Crippen molar-refractivity contribution in [3.63, 3.8) is 0 Å². The van der Waals surface area contributed by atoms with Gasteiger partial charge in [-0.1, -0.05) is 19.9 Å². The molecule has 0 spiro atoms. The predicted molar refractivity (Wildman–Crippen MR) is 85.9 cm³/mol. The third-order valence-electron chi connectivity index (χ3n) is 4.26. The molecule has 1 aliphatic rings. The van der Waals surface area contributed by atoms with Gasteiger partial charge in [0, 0.05) is 43.9 Å². The number of phenolic OH excluding ortho intramolecular Hbond substituents is 1. The Morgan fingerprint density at radius 1 is 1.29 bits per heavy atom. The van der Waals surface area contributed by atoms with E-state index in [9.17, 15) is 5.11 Å². The zero-order valence-electron chi connectivity index (χ0n) is 13.5. The van der Waals surface area contributed by atoms with Crippen molar-refractivity contribution in [1.29, 1.82) is 0 Å². The second-order valence-electron chi connectivity index (χ2n) is 5.92. The number of piperazine rings is 1. The van der Waals surface area contributed by atoms with Gasteiger partial charge in [0.15, 0.2) is 0 Å². The molecule has 0 aromatic heterocycles. The van der Waals surface area contributed by atoms with Crippen LogP contribution < -0.4 is 4.74 Å². The zero-order chi connectivity index (χ0) is 15.2. The Morgan fingerprint density at radius 2 is 2.10 bits per heavy atom. The van der Waals surface area contributed by atoms with E-state index in [2.05, 4.69) is 30.7 Å². The van der Waals surface area contributed by atoms with E-state index < -0.39 is 0 Å². The monoisotopic (exact) mass is 292 g/mol. The first-order valence-electron chi connectivity index (χ1n) is 8.01. The van der Waals surface area contributed by atoms with Crippen LogP contribution in [0.3, 0.4) is 0 Å². The van der Waals surface area contributed by atoms with Crippen LogP contribution in [0, 0.1) is 0 Å². The lowest BCUT2D eigenvalue weighted by Crippen LogP contribution is -2.50. The number of hydrogen-bond acceptors (Lipinski definition) is 4. The molecule has 21 heavy (non-hydrogen) atoms. The fraction of sp³-hybridized carbons (Fsp3) is 0.647. The van der Waals surface area contributed by atoms with Crippen molar-refractivity contribution in [3.05, 3.63) is 23.8 Å². The highest BCUT2D eigenvalue weighted by molar-refractivity contribution is 5.39. The summed E-state index contributed by atoms with van der Waals surface area (Å²) in [4.78, 5) is 4.85. The first-order valence-corrected chi connectivity index (χ1v) is 8.01. The molecule has 4 heteroatoms. The van der Waals surface area contributed by atoms with Crippen LogP contribution in [-0.4, -0.2) is 54.2 Å². The molecule has 1 fully saturated rings. The van der Waals surface area contributed by atoms with Crippen LogP contribution in [0.5, 0.6) is 11.5 Å². The molecule has 1 atom stereocenters. The molecule has 4 nitrogen and oxygen atoms in total. The molecule has 2 rings (SSSR count). The van der Waals surface area contributed by atoms with E-state index in [0.717, 1.165) is 43.9 Å². The molecule has 1 heterocycles. The molecule has 1 unspecified atom stereocenters. The third-order valence-corrected chi connectivity index (χ3v) is 4.26. The van der Waals surface area contributed by atoms with Gasteiger partial charge in [0.1, 0.15) is 11.5 Å². The largest absolute Gasteiger partial charge is 0.507 e. The molecular formula is C17H28N2O2. The van der Waals surface area contributed by atoms with Gasteiger partial charge in [-0.15, -0.1) is 0 Å². The summed E-state index contributed by atoms with van der Waals surface area (Å²) < 4.78 is 5.55. The Bertz CT molecular complexity index is 450. The van der Waals surface area contributed by atoms with Crippen LogP contribution in [0.15, 0.2) is 18.2 Å². The van der Waals surface area contributed by atoms with Gasteiger partial charge < -0.3 is 14.7 Å². The van der Waals surface area contributed by atoms with E-state index in [1.165, 1.54) is 6.42 Å². The van der Waals surface area contributed by atoms with E-state index in [-0.39, 0.29) is 0 Å². The number of nitrogens with zero attached hydrogens (tertiary/aromatic N) is 2. The summed E-state index contributed by atoms with van der Waals surface area (Å²) in [6.45, 7) is 9.03. The molecule has 0 amide bonds. The van der Waals surface area contributed by atoms with E-state index in [0.29, 0.717) is 18.4 Å². The van der Waals surface area contributed by atoms with E-state index in [4.69, 9.17) is 4.74 Å². The average Bonchev–Trinajstić information content (AvgIpc) is 2.49. The molecule has 0 bridgehead atoms. The molecule has 0 aliphatic carbocycles. The second-order valence-corrected chi connectivity index (χ2v) is 5.92. The second kappa shape index (κ2) is 7.66. The number of phenols is 1. The third kappa shape index (κ3) is 4.35. The average molecular weight is 292 g/mol. The number of rotatable bonds is 6. The minimum atomic E-state index is 0.343. The molecule has 1 aromatic rings. The van der Waals surface area contributed by atoms with Crippen LogP contribution in [0.2, 0.25) is 0 Å². The van der Waals surface area contributed by atoms with Crippen LogP contribution in [-0.2, 0) is 6.54 Å². The number of aromatic hydroxyl groups is 1. The maximum Gasteiger partial charge on any atom is 0.123 e. The Kier molecular flexibility index (Phi) is 5.88. The molecule has 0 saturated carbocycles. The number of benzene rings is 1. The molecular weight excluding hydrogens is 264 g/mol. The molecule has 118 valence electrons. The molecule has 1 N–H and O–H groups in total. The Balaban J connectivity index is 1.96. The van der Waals surface area contributed by atoms with E-state index >= 15 is 0 Å². The molecule has 0 radical (unpaired) electrons. The van der Waals surface area contributed by atoms with Gasteiger partial charge >= 0.3 is 0 Å². The van der Waals surface area contributed by atoms with Crippen molar-refractivity contribution in [3.8, 4) is 11.5 Å². The lowest BCUT2D eigenvalue weighted by atomic mass is 10.1. The molecule has 1 aromatic carbocycles. The van der Waals surface area contributed by atoms with Gasteiger partial charge in [-0.3, -0.25) is 4.90 Å². The van der Waals surface area contributed by atoms with Crippen LogP contribution in [0.25, 0.3) is 0 Å². The summed E-state index contributed by atoms with van der Waals surface area (Å²) in [5.74, 6) is 1.10. The topological polar surface area (TPSA) is 35.9 Å². The fourth-order valence-corrected chi connectivity index (χ4v) is 2.82. The molecule has 1 saturated heterocycles. The van der Waals surface area contributed by atoms with Crippen molar-refractivity contribution < 1.29 is 9.84 Å². The summed E-state index contributed by atoms with van der Waals surface area (Å²) in [5, 5.41) is 10.2. The number of ether oxygens (including phenoxy) is 1. The number of hydrogen-bond donors (Lipinski definition) is 1. The van der Waals surface area contributed by atoms with Crippen molar-refractivity contribution in [2.75, 3.05) is 33.3 Å². The van der Waals surface area contributed by atoms with E-state index in [1.807, 2.05) is 12.1 Å². The maximum absolute atomic E-state index is 10.2. The van der Waals surface area contributed by atoms with Gasteiger partial charge in [0.25, 0.3) is 0 Å². The van der Waals surface area contributed by atoms with Crippen molar-refractivity contribution in [1.82, 2.24) is 9.80 Å². The quantitative estimate of drug-likeness (QED) is 0.874. The zero-order valence-corrected chi connectivity index (χ0v) is 13.5. The number of likely N-dealkylation sites (N-methyl/N-ethyl adjacent to an activating group) is 1. The van der Waals surface area contributed by atoms with Gasteiger partial charge in [-0.2, -0.15) is 0 Å². The maximum atomic E-state index is 10.2. The highest BCUT2D eigenvalue weighted by Crippen LogP contribution is 2.26.